The summed E-state index contributed by atoms with van der Waals surface area (Å²) in [5.41, 5.74) is -0.454. The van der Waals surface area contributed by atoms with Crippen LogP contribution in [0.4, 0.5) is 4.79 Å². The first-order valence-electron chi connectivity index (χ1n) is 14.8. The fourth-order valence-corrected chi connectivity index (χ4v) is 5.77. The number of likely N-dealkylation sites (tertiary alicyclic amines) is 2. The van der Waals surface area contributed by atoms with Crippen molar-refractivity contribution in [3.63, 3.8) is 0 Å². The van der Waals surface area contributed by atoms with Crippen molar-refractivity contribution in [2.75, 3.05) is 39.4 Å². The smallest absolute Gasteiger partial charge is 0.410 e. The van der Waals surface area contributed by atoms with Gasteiger partial charge in [-0.3, -0.25) is 14.5 Å². The minimum Gasteiger partial charge on any atom is -0.466 e. The Morgan fingerprint density at radius 2 is 1.54 bits per heavy atom. The SMILES string of the molecule is CCOC(=O)CC[C@@H]1CCCN1.CCOC(=O)CC[C@@H]1CCCN1C1CCN(C(=O)OC(C)(C)C)CC1C.Cl. The molecular weight excluding hydrogens is 522 g/mol. The van der Waals surface area contributed by atoms with Crippen LogP contribution in [0, 0.1) is 5.92 Å². The summed E-state index contributed by atoms with van der Waals surface area (Å²) in [6.45, 7) is 16.2. The molecule has 3 heterocycles. The minimum atomic E-state index is -0.454. The summed E-state index contributed by atoms with van der Waals surface area (Å²) in [6.07, 6.45) is 8.42. The normalized spacial score (nSPS) is 25.2. The molecule has 3 aliphatic heterocycles. The van der Waals surface area contributed by atoms with Gasteiger partial charge < -0.3 is 24.4 Å². The van der Waals surface area contributed by atoms with Gasteiger partial charge in [-0.1, -0.05) is 6.92 Å². The molecule has 9 nitrogen and oxygen atoms in total. The van der Waals surface area contributed by atoms with Crippen molar-refractivity contribution in [2.45, 2.75) is 123 Å². The molecule has 228 valence electrons. The predicted octanol–water partition coefficient (Wildman–Crippen LogP) is 4.94. The quantitative estimate of drug-likeness (QED) is 0.305. The minimum absolute atomic E-state index is 0. The van der Waals surface area contributed by atoms with Gasteiger partial charge in [-0.15, -0.1) is 12.4 Å². The monoisotopic (exact) mass is 575 g/mol. The van der Waals surface area contributed by atoms with E-state index in [1.54, 1.807) is 0 Å². The first-order valence-corrected chi connectivity index (χ1v) is 14.8. The summed E-state index contributed by atoms with van der Waals surface area (Å²) in [7, 11) is 0. The zero-order chi connectivity index (χ0) is 28.1. The van der Waals surface area contributed by atoms with Crippen LogP contribution in [0.25, 0.3) is 0 Å². The van der Waals surface area contributed by atoms with E-state index in [9.17, 15) is 14.4 Å². The van der Waals surface area contributed by atoms with Gasteiger partial charge in [0.1, 0.15) is 5.60 Å². The van der Waals surface area contributed by atoms with E-state index in [0.29, 0.717) is 50.1 Å². The molecule has 0 aromatic heterocycles. The number of esters is 2. The number of ether oxygens (including phenoxy) is 3. The van der Waals surface area contributed by atoms with Crippen molar-refractivity contribution in [1.29, 1.82) is 0 Å². The van der Waals surface area contributed by atoms with Crippen LogP contribution in [0.2, 0.25) is 0 Å². The number of amides is 1. The fraction of sp³-hybridized carbons (Fsp3) is 0.897. The maximum Gasteiger partial charge on any atom is 0.410 e. The van der Waals surface area contributed by atoms with Gasteiger partial charge in [-0.2, -0.15) is 0 Å². The lowest BCUT2D eigenvalue weighted by Gasteiger charge is -2.43. The van der Waals surface area contributed by atoms with Crippen LogP contribution in [-0.2, 0) is 23.8 Å². The summed E-state index contributed by atoms with van der Waals surface area (Å²) in [5, 5.41) is 3.35. The number of hydrogen-bond acceptors (Lipinski definition) is 8. The molecule has 1 amide bonds. The molecule has 3 fully saturated rings. The number of hydrogen-bond donors (Lipinski definition) is 1. The Morgan fingerprint density at radius 1 is 0.897 bits per heavy atom. The summed E-state index contributed by atoms with van der Waals surface area (Å²) in [4.78, 5) is 39.4. The maximum absolute atomic E-state index is 12.3. The molecule has 3 aliphatic rings. The molecule has 10 heteroatoms. The summed E-state index contributed by atoms with van der Waals surface area (Å²) < 4.78 is 15.4. The van der Waals surface area contributed by atoms with E-state index >= 15 is 0 Å². The van der Waals surface area contributed by atoms with Gasteiger partial charge in [0.2, 0.25) is 0 Å². The second-order valence-corrected chi connectivity index (χ2v) is 11.8. The molecular formula is C29H54ClN3O6. The van der Waals surface area contributed by atoms with E-state index in [2.05, 4.69) is 17.1 Å². The lowest BCUT2D eigenvalue weighted by atomic mass is 9.91. The highest BCUT2D eigenvalue weighted by atomic mass is 35.5. The molecule has 0 aliphatic carbocycles. The summed E-state index contributed by atoms with van der Waals surface area (Å²) in [6, 6.07) is 1.48. The first kappa shape index (κ1) is 35.4. The Balaban J connectivity index is 0.000000492. The predicted molar refractivity (Wildman–Crippen MR) is 155 cm³/mol. The standard InChI is InChI=1S/C20H36N2O4.C9H17NO2.ClH/c1-6-25-18(23)10-9-16-8-7-12-22(16)17-11-13-21(14-15(17)2)19(24)26-20(3,4)5;1-2-12-9(11)6-5-8-4-3-7-10-8;/h15-17H,6-14H2,1-5H3;8,10H,2-7H2,1H3;1H/t15?,16-,17?;8-;/m00./s1. The zero-order valence-corrected chi connectivity index (χ0v) is 26.0. The van der Waals surface area contributed by atoms with Crippen molar-refractivity contribution < 1.29 is 28.6 Å². The van der Waals surface area contributed by atoms with Gasteiger partial charge in [0, 0.05) is 44.1 Å². The topological polar surface area (TPSA) is 97.4 Å². The van der Waals surface area contributed by atoms with Gasteiger partial charge >= 0.3 is 18.0 Å². The third-order valence-electron chi connectivity index (χ3n) is 7.51. The highest BCUT2D eigenvalue weighted by Crippen LogP contribution is 2.31. The van der Waals surface area contributed by atoms with Crippen LogP contribution in [0.1, 0.15) is 99.3 Å². The van der Waals surface area contributed by atoms with Gasteiger partial charge in [0.05, 0.1) is 13.2 Å². The molecule has 0 spiro atoms. The second-order valence-electron chi connectivity index (χ2n) is 11.8. The third-order valence-corrected chi connectivity index (χ3v) is 7.51. The number of carbonyl (C=O) groups is 3. The molecule has 3 rings (SSSR count). The molecule has 0 radical (unpaired) electrons. The van der Waals surface area contributed by atoms with Crippen LogP contribution in [0.5, 0.6) is 0 Å². The molecule has 39 heavy (non-hydrogen) atoms. The second kappa shape index (κ2) is 18.0. The Labute approximate surface area is 242 Å². The van der Waals surface area contributed by atoms with Crippen molar-refractivity contribution in [2.24, 2.45) is 5.92 Å². The molecule has 3 saturated heterocycles. The number of rotatable bonds is 9. The molecule has 0 aromatic carbocycles. The molecule has 4 atom stereocenters. The van der Waals surface area contributed by atoms with Crippen molar-refractivity contribution in [1.82, 2.24) is 15.1 Å². The Bertz CT molecular complexity index is 741. The average molecular weight is 576 g/mol. The van der Waals surface area contributed by atoms with E-state index in [-0.39, 0.29) is 30.4 Å². The van der Waals surface area contributed by atoms with E-state index < -0.39 is 5.60 Å². The summed E-state index contributed by atoms with van der Waals surface area (Å²) in [5.74, 6) is 0.248. The van der Waals surface area contributed by atoms with E-state index in [0.717, 1.165) is 51.9 Å². The average Bonchev–Trinajstić information content (AvgIpc) is 3.53. The lowest BCUT2D eigenvalue weighted by molar-refractivity contribution is -0.144. The van der Waals surface area contributed by atoms with Gasteiger partial charge in [-0.25, -0.2) is 4.79 Å². The van der Waals surface area contributed by atoms with Gasteiger partial charge in [0.25, 0.3) is 0 Å². The highest BCUT2D eigenvalue weighted by molar-refractivity contribution is 5.85. The van der Waals surface area contributed by atoms with Crippen LogP contribution in [0.3, 0.4) is 0 Å². The molecule has 0 aromatic rings. The van der Waals surface area contributed by atoms with Crippen molar-refractivity contribution in [3.05, 3.63) is 0 Å². The van der Waals surface area contributed by atoms with E-state index in [1.165, 1.54) is 19.3 Å². The van der Waals surface area contributed by atoms with Crippen LogP contribution in [-0.4, -0.2) is 91.0 Å². The fourth-order valence-electron chi connectivity index (χ4n) is 5.77. The number of piperidine rings is 1. The van der Waals surface area contributed by atoms with Gasteiger partial charge in [-0.05, 0) is 98.6 Å². The lowest BCUT2D eigenvalue weighted by Crippen LogP contribution is -2.53. The van der Waals surface area contributed by atoms with Crippen LogP contribution in [0.15, 0.2) is 0 Å². The van der Waals surface area contributed by atoms with Crippen LogP contribution < -0.4 is 5.32 Å². The summed E-state index contributed by atoms with van der Waals surface area (Å²) >= 11 is 0. The largest absolute Gasteiger partial charge is 0.466 e. The number of nitrogens with zero attached hydrogens (tertiary/aromatic N) is 2. The number of nitrogens with one attached hydrogen (secondary N) is 1. The zero-order valence-electron chi connectivity index (χ0n) is 25.2. The van der Waals surface area contributed by atoms with E-state index in [4.69, 9.17) is 14.2 Å². The number of halogens is 1. The first-order chi connectivity index (χ1) is 18.0. The van der Waals surface area contributed by atoms with Gasteiger partial charge in [0.15, 0.2) is 0 Å². The maximum atomic E-state index is 12.3. The molecule has 0 bridgehead atoms. The van der Waals surface area contributed by atoms with Crippen LogP contribution >= 0.6 is 12.4 Å². The molecule has 0 saturated carbocycles. The van der Waals surface area contributed by atoms with Crippen molar-refractivity contribution >= 4 is 30.4 Å². The Kier molecular flexibility index (Phi) is 16.3. The molecule has 2 unspecified atom stereocenters. The Hall–Kier alpha value is -1.58. The third kappa shape index (κ3) is 13.1. The Morgan fingerprint density at radius 3 is 2.08 bits per heavy atom. The number of carbonyl (C=O) groups excluding carboxylic acids is 3. The highest BCUT2D eigenvalue weighted by Gasteiger charge is 2.38. The molecule has 1 N–H and O–H groups in total. The van der Waals surface area contributed by atoms with Crippen molar-refractivity contribution in [3.8, 4) is 0 Å². The van der Waals surface area contributed by atoms with E-state index in [1.807, 2.05) is 39.5 Å².